The van der Waals surface area contributed by atoms with Crippen molar-refractivity contribution >= 4 is 11.8 Å². The summed E-state index contributed by atoms with van der Waals surface area (Å²) < 4.78 is 22.8. The maximum atomic E-state index is 11.2. The first-order chi connectivity index (χ1) is 17.0. The van der Waals surface area contributed by atoms with Crippen LogP contribution in [0.25, 0.3) is 11.3 Å². The van der Waals surface area contributed by atoms with Gasteiger partial charge in [0.25, 0.3) is 0 Å². The summed E-state index contributed by atoms with van der Waals surface area (Å²) in [5, 5.41) is 12.5. The third-order valence-corrected chi connectivity index (χ3v) is 5.74. The second-order valence-corrected chi connectivity index (χ2v) is 8.00. The second-order valence-electron chi connectivity index (χ2n) is 8.00. The quantitative estimate of drug-likeness (QED) is 0.447. The van der Waals surface area contributed by atoms with E-state index in [2.05, 4.69) is 15.3 Å². The molecule has 2 aromatic carbocycles. The maximum absolute atomic E-state index is 11.2. The van der Waals surface area contributed by atoms with E-state index in [1.165, 1.54) is 6.33 Å². The molecule has 2 heterocycles. The Morgan fingerprint density at radius 3 is 2.74 bits per heavy atom. The number of carbonyl (C=O) groups is 1. The van der Waals surface area contributed by atoms with E-state index in [9.17, 15) is 4.79 Å². The zero-order chi connectivity index (χ0) is 24.8. The zero-order valence-electron chi connectivity index (χ0n) is 20.1. The number of carboxylic acid groups (broad SMARTS) is 1. The van der Waals surface area contributed by atoms with Crippen LogP contribution in [0.3, 0.4) is 0 Å². The fraction of sp³-hybridized carbons (Fsp3) is 0.346. The number of methoxy groups -OCH3 is 1. The smallest absolute Gasteiger partial charge is 0.307 e. The van der Waals surface area contributed by atoms with E-state index in [1.807, 2.05) is 38.1 Å². The third-order valence-electron chi connectivity index (χ3n) is 5.74. The van der Waals surface area contributed by atoms with Crippen LogP contribution in [0.2, 0.25) is 0 Å². The summed E-state index contributed by atoms with van der Waals surface area (Å²) in [5.74, 6) is 2.56. The summed E-state index contributed by atoms with van der Waals surface area (Å²) in [6.45, 7) is 6.00. The number of anilines is 1. The molecular formula is C26H29N3O6. The third kappa shape index (κ3) is 5.56. The standard InChI is InChI=1S/C26H29N3O6/c1-4-33-21-11-17(5-6-18(21)12-25(30)31)20-13-24(29-15-28-20)27-8-7-19-16(2)26-23(14-22(19)32-3)34-9-10-35-26/h5-6,11,13-15H,4,7-10,12H2,1-3H3,(H,30,31)(H,27,28,29). The number of benzene rings is 2. The molecule has 0 atom stereocenters. The van der Waals surface area contributed by atoms with Gasteiger partial charge in [-0.1, -0.05) is 12.1 Å². The molecule has 9 nitrogen and oxygen atoms in total. The molecule has 0 unspecified atom stereocenters. The summed E-state index contributed by atoms with van der Waals surface area (Å²) in [6.07, 6.45) is 2.09. The second kappa shape index (κ2) is 10.9. The van der Waals surface area contributed by atoms with Crippen molar-refractivity contribution in [2.24, 2.45) is 0 Å². The van der Waals surface area contributed by atoms with E-state index in [0.717, 1.165) is 28.2 Å². The van der Waals surface area contributed by atoms with Gasteiger partial charge in [-0.25, -0.2) is 9.97 Å². The topological polar surface area (TPSA) is 112 Å². The van der Waals surface area contributed by atoms with Crippen LogP contribution >= 0.6 is 0 Å². The first-order valence-corrected chi connectivity index (χ1v) is 11.5. The molecule has 0 spiro atoms. The Labute approximate surface area is 204 Å². The van der Waals surface area contributed by atoms with Crippen LogP contribution in [0.4, 0.5) is 5.82 Å². The number of aromatic nitrogens is 2. The Balaban J connectivity index is 1.49. The average Bonchev–Trinajstić information content (AvgIpc) is 2.86. The van der Waals surface area contributed by atoms with Crippen molar-refractivity contribution in [2.75, 3.05) is 38.8 Å². The highest BCUT2D eigenvalue weighted by Gasteiger charge is 2.21. The molecule has 4 rings (SSSR count). The summed E-state index contributed by atoms with van der Waals surface area (Å²) in [4.78, 5) is 19.9. The summed E-state index contributed by atoms with van der Waals surface area (Å²) in [7, 11) is 1.65. The van der Waals surface area contributed by atoms with Gasteiger partial charge in [-0.3, -0.25) is 4.79 Å². The number of nitrogens with zero attached hydrogens (tertiary/aromatic N) is 2. The van der Waals surface area contributed by atoms with Crippen LogP contribution in [0.1, 0.15) is 23.6 Å². The van der Waals surface area contributed by atoms with Crippen LogP contribution in [0.15, 0.2) is 36.7 Å². The Morgan fingerprint density at radius 2 is 1.97 bits per heavy atom. The Hall–Kier alpha value is -4.01. The van der Waals surface area contributed by atoms with E-state index in [0.29, 0.717) is 61.4 Å². The van der Waals surface area contributed by atoms with Gasteiger partial charge in [0.1, 0.15) is 36.9 Å². The Morgan fingerprint density at radius 1 is 1.14 bits per heavy atom. The van der Waals surface area contributed by atoms with E-state index >= 15 is 0 Å². The molecule has 1 aliphatic heterocycles. The molecule has 1 aliphatic rings. The predicted molar refractivity (Wildman–Crippen MR) is 131 cm³/mol. The molecule has 184 valence electrons. The average molecular weight is 480 g/mol. The van der Waals surface area contributed by atoms with Crippen molar-refractivity contribution < 1.29 is 28.8 Å². The van der Waals surface area contributed by atoms with Gasteiger partial charge in [0, 0.05) is 40.9 Å². The lowest BCUT2D eigenvalue weighted by Crippen LogP contribution is -2.17. The lowest BCUT2D eigenvalue weighted by molar-refractivity contribution is -0.136. The molecule has 35 heavy (non-hydrogen) atoms. The van der Waals surface area contributed by atoms with E-state index in [1.54, 1.807) is 13.2 Å². The van der Waals surface area contributed by atoms with Gasteiger partial charge >= 0.3 is 5.97 Å². The SMILES string of the molecule is CCOc1cc(-c2cc(NCCc3c(OC)cc4c(c3C)OCCO4)ncn2)ccc1CC(=O)O. The lowest BCUT2D eigenvalue weighted by atomic mass is 10.0. The van der Waals surface area contributed by atoms with Crippen molar-refractivity contribution in [3.63, 3.8) is 0 Å². The number of rotatable bonds is 10. The minimum Gasteiger partial charge on any atom is -0.496 e. The van der Waals surface area contributed by atoms with E-state index in [-0.39, 0.29) is 6.42 Å². The summed E-state index contributed by atoms with van der Waals surface area (Å²) in [6, 6.07) is 9.16. The Bertz CT molecular complexity index is 1210. The van der Waals surface area contributed by atoms with Crippen LogP contribution in [-0.4, -0.2) is 54.5 Å². The maximum Gasteiger partial charge on any atom is 0.307 e. The minimum atomic E-state index is -0.905. The largest absolute Gasteiger partial charge is 0.496 e. The van der Waals surface area contributed by atoms with Crippen LogP contribution < -0.4 is 24.3 Å². The van der Waals surface area contributed by atoms with Gasteiger partial charge in [0.15, 0.2) is 11.5 Å². The fourth-order valence-electron chi connectivity index (χ4n) is 4.09. The first kappa shape index (κ1) is 24.1. The van der Waals surface area contributed by atoms with Crippen LogP contribution in [0, 0.1) is 6.92 Å². The molecule has 3 aromatic rings. The Kier molecular flexibility index (Phi) is 7.54. The van der Waals surface area contributed by atoms with Gasteiger partial charge in [-0.2, -0.15) is 0 Å². The highest BCUT2D eigenvalue weighted by Crippen LogP contribution is 2.41. The number of ether oxygens (including phenoxy) is 4. The molecule has 0 amide bonds. The summed E-state index contributed by atoms with van der Waals surface area (Å²) in [5.41, 5.74) is 4.21. The van der Waals surface area contributed by atoms with Gasteiger partial charge in [0.05, 0.1) is 25.8 Å². The molecule has 0 aliphatic carbocycles. The molecule has 0 bridgehead atoms. The normalized spacial score (nSPS) is 12.2. The number of hydrogen-bond donors (Lipinski definition) is 2. The van der Waals surface area contributed by atoms with Crippen molar-refractivity contribution in [1.29, 1.82) is 0 Å². The zero-order valence-corrected chi connectivity index (χ0v) is 20.1. The fourth-order valence-corrected chi connectivity index (χ4v) is 4.09. The molecule has 2 N–H and O–H groups in total. The molecule has 1 aromatic heterocycles. The van der Waals surface area contributed by atoms with E-state index < -0.39 is 5.97 Å². The van der Waals surface area contributed by atoms with E-state index in [4.69, 9.17) is 24.1 Å². The highest BCUT2D eigenvalue weighted by molar-refractivity contribution is 5.73. The number of fused-ring (bicyclic) bond motifs is 1. The molecule has 0 saturated heterocycles. The molecule has 0 saturated carbocycles. The van der Waals surface area contributed by atoms with Crippen molar-refractivity contribution in [1.82, 2.24) is 9.97 Å². The molecule has 0 radical (unpaired) electrons. The van der Waals surface area contributed by atoms with Crippen molar-refractivity contribution in [3.05, 3.63) is 53.3 Å². The minimum absolute atomic E-state index is 0.102. The molecule has 0 fully saturated rings. The van der Waals surface area contributed by atoms with Gasteiger partial charge < -0.3 is 29.4 Å². The first-order valence-electron chi connectivity index (χ1n) is 11.5. The van der Waals surface area contributed by atoms with Gasteiger partial charge in [-0.15, -0.1) is 0 Å². The number of hydrogen-bond acceptors (Lipinski definition) is 8. The van der Waals surface area contributed by atoms with Crippen molar-refractivity contribution in [3.8, 4) is 34.3 Å². The van der Waals surface area contributed by atoms with Crippen LogP contribution in [-0.2, 0) is 17.6 Å². The van der Waals surface area contributed by atoms with Crippen LogP contribution in [0.5, 0.6) is 23.0 Å². The highest BCUT2D eigenvalue weighted by atomic mass is 16.6. The molecule has 9 heteroatoms. The molecular weight excluding hydrogens is 450 g/mol. The van der Waals surface area contributed by atoms with Crippen molar-refractivity contribution in [2.45, 2.75) is 26.7 Å². The lowest BCUT2D eigenvalue weighted by Gasteiger charge is -2.23. The number of carboxylic acids is 1. The summed E-state index contributed by atoms with van der Waals surface area (Å²) >= 11 is 0. The number of nitrogens with one attached hydrogen (secondary N) is 1. The predicted octanol–water partition coefficient (Wildman–Crippen LogP) is 3.91. The monoisotopic (exact) mass is 479 g/mol. The van der Waals surface area contributed by atoms with Gasteiger partial charge in [0.2, 0.25) is 0 Å². The van der Waals surface area contributed by atoms with Gasteiger partial charge in [-0.05, 0) is 26.3 Å². The number of aliphatic carboxylic acids is 1.